The van der Waals surface area contributed by atoms with Crippen LogP contribution in [0.3, 0.4) is 0 Å². The van der Waals surface area contributed by atoms with E-state index in [0.29, 0.717) is 29.8 Å². The summed E-state index contributed by atoms with van der Waals surface area (Å²) in [4.78, 5) is 12.9. The van der Waals surface area contributed by atoms with Gasteiger partial charge in [0.1, 0.15) is 12.4 Å². The number of para-hydroxylation sites is 1. The average molecular weight is 364 g/mol. The molecule has 0 saturated heterocycles. The Morgan fingerprint density at radius 2 is 1.88 bits per heavy atom. The Bertz CT molecular complexity index is 659. The highest BCUT2D eigenvalue weighted by Crippen LogP contribution is 2.25. The summed E-state index contributed by atoms with van der Waals surface area (Å²) in [6.45, 7) is 5.23. The quantitative estimate of drug-likeness (QED) is 0.543. The maximum absolute atomic E-state index is 11.9. The van der Waals surface area contributed by atoms with Crippen molar-refractivity contribution < 1.29 is 9.53 Å². The average Bonchev–Trinajstić information content (AvgIpc) is 2.58. The lowest BCUT2D eigenvalue weighted by atomic mass is 10.0. The van der Waals surface area contributed by atoms with Crippen molar-refractivity contribution in [3.63, 3.8) is 0 Å². The summed E-state index contributed by atoms with van der Waals surface area (Å²) in [5, 5.41) is 3.57. The van der Waals surface area contributed by atoms with Gasteiger partial charge in [0.05, 0.1) is 12.3 Å². The summed E-state index contributed by atoms with van der Waals surface area (Å²) in [5.41, 5.74) is 1.18. The van der Waals surface area contributed by atoms with Crippen LogP contribution in [0, 0.1) is 0 Å². The molecule has 0 aliphatic rings. The molecule has 128 valence electrons. The second-order valence-corrected chi connectivity index (χ2v) is 7.12. The summed E-state index contributed by atoms with van der Waals surface area (Å²) in [7, 11) is 0. The molecule has 2 aromatic carbocycles. The first-order chi connectivity index (χ1) is 11.6. The number of ether oxygens (including phenoxy) is 1. The molecule has 0 aliphatic carbocycles. The summed E-state index contributed by atoms with van der Waals surface area (Å²) < 4.78 is 5.79. The highest BCUT2D eigenvalue weighted by molar-refractivity contribution is 8.00. The van der Waals surface area contributed by atoms with Crippen LogP contribution in [0.2, 0.25) is 5.02 Å². The van der Waals surface area contributed by atoms with E-state index in [1.165, 1.54) is 17.3 Å². The van der Waals surface area contributed by atoms with Crippen LogP contribution >= 0.6 is 23.4 Å². The third-order valence-corrected chi connectivity index (χ3v) is 4.67. The first-order valence-corrected chi connectivity index (χ1v) is 9.29. The van der Waals surface area contributed by atoms with Crippen molar-refractivity contribution in [3.05, 3.63) is 59.1 Å². The fourth-order valence-electron chi connectivity index (χ4n) is 2.17. The smallest absolute Gasteiger partial charge is 0.230 e. The van der Waals surface area contributed by atoms with Crippen molar-refractivity contribution in [2.45, 2.75) is 24.7 Å². The molecule has 24 heavy (non-hydrogen) atoms. The van der Waals surface area contributed by atoms with Gasteiger partial charge in [-0.2, -0.15) is 0 Å². The van der Waals surface area contributed by atoms with Gasteiger partial charge in [-0.3, -0.25) is 4.79 Å². The van der Waals surface area contributed by atoms with Crippen molar-refractivity contribution >= 4 is 29.3 Å². The van der Waals surface area contributed by atoms with Crippen LogP contribution in [0.15, 0.2) is 53.4 Å². The van der Waals surface area contributed by atoms with Crippen molar-refractivity contribution in [1.82, 2.24) is 5.32 Å². The van der Waals surface area contributed by atoms with Gasteiger partial charge in [0.15, 0.2) is 0 Å². The van der Waals surface area contributed by atoms with E-state index in [4.69, 9.17) is 16.3 Å². The topological polar surface area (TPSA) is 38.3 Å². The van der Waals surface area contributed by atoms with Crippen LogP contribution in [-0.2, 0) is 4.79 Å². The van der Waals surface area contributed by atoms with Gasteiger partial charge in [0.25, 0.3) is 0 Å². The number of halogens is 1. The molecule has 1 N–H and O–H groups in total. The third kappa shape index (κ3) is 6.10. The highest BCUT2D eigenvalue weighted by atomic mass is 35.5. The van der Waals surface area contributed by atoms with E-state index < -0.39 is 0 Å². The third-order valence-electron chi connectivity index (χ3n) is 3.41. The summed E-state index contributed by atoms with van der Waals surface area (Å²) >= 11 is 7.32. The second-order valence-electron chi connectivity index (χ2n) is 5.63. The Morgan fingerprint density at radius 1 is 1.17 bits per heavy atom. The van der Waals surface area contributed by atoms with Gasteiger partial charge in [-0.15, -0.1) is 11.8 Å². The second kappa shape index (κ2) is 9.60. The van der Waals surface area contributed by atoms with Gasteiger partial charge in [0.2, 0.25) is 5.91 Å². The summed E-state index contributed by atoms with van der Waals surface area (Å²) in [5.74, 6) is 1.67. The van der Waals surface area contributed by atoms with E-state index in [0.717, 1.165) is 10.6 Å². The number of thioether (sulfide) groups is 1. The molecule has 0 radical (unpaired) electrons. The summed E-state index contributed by atoms with van der Waals surface area (Å²) in [6.07, 6.45) is 0. The van der Waals surface area contributed by atoms with Crippen LogP contribution in [-0.4, -0.2) is 24.8 Å². The van der Waals surface area contributed by atoms with E-state index in [-0.39, 0.29) is 5.91 Å². The Balaban J connectivity index is 1.69. The zero-order chi connectivity index (χ0) is 17.4. The van der Waals surface area contributed by atoms with E-state index in [9.17, 15) is 4.79 Å². The van der Waals surface area contributed by atoms with Gasteiger partial charge in [-0.1, -0.05) is 43.6 Å². The van der Waals surface area contributed by atoms with Crippen LogP contribution in [0.25, 0.3) is 0 Å². The number of hydrogen-bond donors (Lipinski definition) is 1. The molecule has 5 heteroatoms. The van der Waals surface area contributed by atoms with E-state index in [1.807, 2.05) is 42.5 Å². The van der Waals surface area contributed by atoms with E-state index in [1.54, 1.807) is 0 Å². The van der Waals surface area contributed by atoms with Crippen LogP contribution in [0.4, 0.5) is 0 Å². The van der Waals surface area contributed by atoms with E-state index >= 15 is 0 Å². The molecule has 3 nitrogen and oxygen atoms in total. The fraction of sp³-hybridized carbons (Fsp3) is 0.316. The molecule has 0 spiro atoms. The number of carbonyl (C=O) groups excluding carboxylic acids is 1. The zero-order valence-electron chi connectivity index (χ0n) is 13.9. The molecule has 0 aliphatic heterocycles. The van der Waals surface area contributed by atoms with E-state index in [2.05, 4.69) is 25.2 Å². The molecule has 0 saturated carbocycles. The Kier molecular flexibility index (Phi) is 7.47. The number of amides is 1. The van der Waals surface area contributed by atoms with Crippen molar-refractivity contribution in [2.75, 3.05) is 18.9 Å². The van der Waals surface area contributed by atoms with Gasteiger partial charge in [-0.25, -0.2) is 0 Å². The highest BCUT2D eigenvalue weighted by Gasteiger charge is 2.07. The molecule has 0 bridgehead atoms. The van der Waals surface area contributed by atoms with Gasteiger partial charge >= 0.3 is 0 Å². The van der Waals surface area contributed by atoms with Crippen LogP contribution in [0.1, 0.15) is 25.3 Å². The normalized spacial score (nSPS) is 10.7. The number of benzene rings is 2. The molecular formula is C19H22ClNO2S. The largest absolute Gasteiger partial charge is 0.491 e. The molecule has 0 atom stereocenters. The van der Waals surface area contributed by atoms with Gasteiger partial charge in [-0.05, 0) is 41.8 Å². The Hall–Kier alpha value is -1.65. The van der Waals surface area contributed by atoms with Gasteiger partial charge in [0, 0.05) is 9.92 Å². The standard InChI is InChI=1S/C19H22ClNO2S/c1-14(2)17-5-3-4-6-18(17)23-12-11-21-19(22)13-24-16-9-7-15(20)8-10-16/h3-10,14H,11-13H2,1-2H3,(H,21,22). The van der Waals surface area contributed by atoms with Crippen molar-refractivity contribution in [2.24, 2.45) is 0 Å². The lowest BCUT2D eigenvalue weighted by Gasteiger charge is -2.14. The molecule has 1 amide bonds. The molecule has 0 heterocycles. The lowest BCUT2D eigenvalue weighted by Crippen LogP contribution is -2.29. The molecular weight excluding hydrogens is 342 g/mol. The van der Waals surface area contributed by atoms with Crippen molar-refractivity contribution in [1.29, 1.82) is 0 Å². The van der Waals surface area contributed by atoms with Crippen LogP contribution in [0.5, 0.6) is 5.75 Å². The van der Waals surface area contributed by atoms with Crippen LogP contribution < -0.4 is 10.1 Å². The molecule has 0 aromatic heterocycles. The lowest BCUT2D eigenvalue weighted by molar-refractivity contribution is -0.118. The maximum atomic E-state index is 11.9. The predicted molar refractivity (Wildman–Crippen MR) is 101 cm³/mol. The monoisotopic (exact) mass is 363 g/mol. The maximum Gasteiger partial charge on any atom is 0.230 e. The van der Waals surface area contributed by atoms with Gasteiger partial charge < -0.3 is 10.1 Å². The number of carbonyl (C=O) groups is 1. The number of nitrogens with one attached hydrogen (secondary N) is 1. The first-order valence-electron chi connectivity index (χ1n) is 7.93. The minimum absolute atomic E-state index is 0.00399. The molecule has 0 unspecified atom stereocenters. The molecule has 2 aromatic rings. The number of rotatable bonds is 8. The SMILES string of the molecule is CC(C)c1ccccc1OCCNC(=O)CSc1ccc(Cl)cc1. The summed E-state index contributed by atoms with van der Waals surface area (Å²) in [6, 6.07) is 15.5. The zero-order valence-corrected chi connectivity index (χ0v) is 15.5. The molecule has 0 fully saturated rings. The van der Waals surface area contributed by atoms with Crippen molar-refractivity contribution in [3.8, 4) is 5.75 Å². The first kappa shape index (κ1) is 18.7. The number of hydrogen-bond acceptors (Lipinski definition) is 3. The fourth-order valence-corrected chi connectivity index (χ4v) is 3.03. The minimum Gasteiger partial charge on any atom is -0.491 e. The minimum atomic E-state index is -0.00399. The predicted octanol–water partition coefficient (Wildman–Crippen LogP) is 4.75. The Labute approximate surface area is 152 Å². The molecule has 2 rings (SSSR count). The Morgan fingerprint density at radius 3 is 2.58 bits per heavy atom.